The van der Waals surface area contributed by atoms with Gasteiger partial charge in [-0.25, -0.2) is 9.82 Å². The molecule has 0 aliphatic rings. The third-order valence-corrected chi connectivity index (χ3v) is 5.40. The molecular weight excluding hydrogens is 531 g/mol. The second-order valence-corrected chi connectivity index (χ2v) is 8.26. The molecule has 0 radical (unpaired) electrons. The molecule has 1 N–H and O–H groups in total. The molecule has 0 saturated carbocycles. The number of benzene rings is 3. The Morgan fingerprint density at radius 3 is 2.25 bits per heavy atom. The summed E-state index contributed by atoms with van der Waals surface area (Å²) in [5.74, 6) is 1.41. The van der Waals surface area contributed by atoms with Crippen LogP contribution in [0.1, 0.15) is 42.3 Å². The summed E-state index contributed by atoms with van der Waals surface area (Å²) in [5, 5.41) is 4.08. The molecule has 7 nitrogen and oxygen atoms in total. The van der Waals surface area contributed by atoms with Gasteiger partial charge in [-0.3, -0.25) is 4.79 Å². The summed E-state index contributed by atoms with van der Waals surface area (Å²) in [6.07, 6.45) is 1.51. The van der Waals surface area contributed by atoms with Gasteiger partial charge in [0, 0.05) is 5.56 Å². The molecule has 0 heterocycles. The predicted octanol–water partition coefficient (Wildman–Crippen LogP) is 6.13. The van der Waals surface area contributed by atoms with Crippen molar-refractivity contribution in [1.82, 2.24) is 5.43 Å². The molecule has 0 aliphatic heterocycles. The number of hydrogen-bond acceptors (Lipinski definition) is 6. The van der Waals surface area contributed by atoms with Crippen LogP contribution in [0, 0.1) is 5.82 Å². The first kappa shape index (κ1) is 27.0. The molecule has 0 aliphatic carbocycles. The molecule has 0 bridgehead atoms. The summed E-state index contributed by atoms with van der Waals surface area (Å²) < 4.78 is 36.6. The van der Waals surface area contributed by atoms with Gasteiger partial charge in [0.05, 0.1) is 30.5 Å². The van der Waals surface area contributed by atoms with Crippen molar-refractivity contribution in [1.29, 1.82) is 0 Å². The van der Waals surface area contributed by atoms with Gasteiger partial charge < -0.3 is 18.9 Å². The summed E-state index contributed by atoms with van der Waals surface area (Å²) >= 11 is 3.51. The van der Waals surface area contributed by atoms with E-state index >= 15 is 0 Å². The van der Waals surface area contributed by atoms with E-state index in [0.717, 1.165) is 5.56 Å². The monoisotopic (exact) mass is 558 g/mol. The topological polar surface area (TPSA) is 78.4 Å². The van der Waals surface area contributed by atoms with Crippen LogP contribution in [0.5, 0.6) is 23.0 Å². The van der Waals surface area contributed by atoms with Crippen LogP contribution in [0.3, 0.4) is 0 Å². The normalized spacial score (nSPS) is 10.8. The maximum Gasteiger partial charge on any atom is 0.271 e. The van der Waals surface area contributed by atoms with Crippen LogP contribution in [0.2, 0.25) is 0 Å². The zero-order valence-corrected chi connectivity index (χ0v) is 21.9. The van der Waals surface area contributed by atoms with Gasteiger partial charge in [-0.05, 0) is 90.3 Å². The summed E-state index contributed by atoms with van der Waals surface area (Å²) in [4.78, 5) is 12.6. The highest BCUT2D eigenvalue weighted by atomic mass is 79.9. The number of amides is 1. The SMILES string of the molecule is CCOc1ccc(C(=O)N/N=C/c2cc(Br)c(OCc3ccc(F)cc3)c(OCC)c2)cc1OCC. The molecule has 9 heteroatoms. The van der Waals surface area contributed by atoms with Crippen LogP contribution >= 0.6 is 15.9 Å². The minimum Gasteiger partial charge on any atom is -0.490 e. The first-order valence-corrected chi connectivity index (χ1v) is 12.3. The largest absolute Gasteiger partial charge is 0.490 e. The van der Waals surface area contributed by atoms with E-state index in [-0.39, 0.29) is 12.4 Å². The number of ether oxygens (including phenoxy) is 4. The molecule has 0 unspecified atom stereocenters. The van der Waals surface area contributed by atoms with E-state index < -0.39 is 5.91 Å². The van der Waals surface area contributed by atoms with Crippen LogP contribution in [0.4, 0.5) is 4.39 Å². The number of carbonyl (C=O) groups excluding carboxylic acids is 1. The van der Waals surface area contributed by atoms with Crippen molar-refractivity contribution in [3.63, 3.8) is 0 Å². The van der Waals surface area contributed by atoms with Gasteiger partial charge in [0.1, 0.15) is 12.4 Å². The Kier molecular flexibility index (Phi) is 10.1. The van der Waals surface area contributed by atoms with Gasteiger partial charge in [-0.15, -0.1) is 0 Å². The smallest absolute Gasteiger partial charge is 0.271 e. The van der Waals surface area contributed by atoms with Crippen molar-refractivity contribution in [3.05, 3.63) is 81.6 Å². The number of hydrogen-bond donors (Lipinski definition) is 1. The molecule has 0 saturated heterocycles. The van der Waals surface area contributed by atoms with Crippen molar-refractivity contribution >= 4 is 28.1 Å². The summed E-state index contributed by atoms with van der Waals surface area (Å²) in [6, 6.07) is 14.6. The maximum absolute atomic E-state index is 13.1. The zero-order valence-electron chi connectivity index (χ0n) is 20.3. The van der Waals surface area contributed by atoms with Crippen LogP contribution in [0.25, 0.3) is 0 Å². The highest BCUT2D eigenvalue weighted by Gasteiger charge is 2.13. The molecule has 0 spiro atoms. The van der Waals surface area contributed by atoms with Crippen LogP contribution in [-0.2, 0) is 6.61 Å². The second kappa shape index (κ2) is 13.5. The minimum absolute atomic E-state index is 0.244. The zero-order chi connectivity index (χ0) is 25.9. The first-order chi connectivity index (χ1) is 17.4. The maximum atomic E-state index is 13.1. The highest BCUT2D eigenvalue weighted by molar-refractivity contribution is 9.10. The van der Waals surface area contributed by atoms with Crippen LogP contribution in [0.15, 0.2) is 64.2 Å². The van der Waals surface area contributed by atoms with E-state index in [1.807, 2.05) is 20.8 Å². The lowest BCUT2D eigenvalue weighted by Gasteiger charge is -2.14. The molecule has 0 atom stereocenters. The standard InChI is InChI=1S/C27H28BrFN2O5/c1-4-33-23-12-9-20(15-24(23)34-5-2)27(32)31-30-16-19-13-22(28)26(25(14-19)35-6-3)36-17-18-7-10-21(29)11-8-18/h7-16H,4-6,17H2,1-3H3,(H,31,32)/b30-16+. The fourth-order valence-electron chi connectivity index (χ4n) is 3.22. The van der Waals surface area contributed by atoms with E-state index in [0.29, 0.717) is 58.4 Å². The van der Waals surface area contributed by atoms with Gasteiger partial charge >= 0.3 is 0 Å². The Hall–Kier alpha value is -3.59. The molecule has 1 amide bonds. The Labute approximate surface area is 218 Å². The second-order valence-electron chi connectivity index (χ2n) is 7.40. The molecule has 0 fully saturated rings. The summed E-state index contributed by atoms with van der Waals surface area (Å²) in [5.41, 5.74) is 4.41. The third kappa shape index (κ3) is 7.45. The number of halogens is 2. The molecule has 190 valence electrons. The van der Waals surface area contributed by atoms with E-state index in [1.165, 1.54) is 18.3 Å². The van der Waals surface area contributed by atoms with Crippen molar-refractivity contribution in [3.8, 4) is 23.0 Å². The van der Waals surface area contributed by atoms with Crippen molar-refractivity contribution in [2.45, 2.75) is 27.4 Å². The van der Waals surface area contributed by atoms with E-state index in [1.54, 1.807) is 42.5 Å². The van der Waals surface area contributed by atoms with Gasteiger partial charge in [0.25, 0.3) is 5.91 Å². The van der Waals surface area contributed by atoms with Gasteiger partial charge in [0.2, 0.25) is 0 Å². The minimum atomic E-state index is -0.390. The Bertz CT molecular complexity index is 1200. The lowest BCUT2D eigenvalue weighted by atomic mass is 10.2. The van der Waals surface area contributed by atoms with Crippen LogP contribution in [-0.4, -0.2) is 31.9 Å². The van der Waals surface area contributed by atoms with E-state index in [2.05, 4.69) is 26.5 Å². The number of carbonyl (C=O) groups is 1. The van der Waals surface area contributed by atoms with Crippen molar-refractivity contribution < 1.29 is 28.1 Å². The Morgan fingerprint density at radius 2 is 1.56 bits per heavy atom. The summed E-state index contributed by atoms with van der Waals surface area (Å²) in [6.45, 7) is 7.22. The lowest BCUT2D eigenvalue weighted by molar-refractivity contribution is 0.0954. The number of rotatable bonds is 12. The number of nitrogens with zero attached hydrogens (tertiary/aromatic N) is 1. The molecule has 3 aromatic rings. The van der Waals surface area contributed by atoms with Crippen molar-refractivity contribution in [2.24, 2.45) is 5.10 Å². The molecule has 36 heavy (non-hydrogen) atoms. The average molecular weight is 559 g/mol. The van der Waals surface area contributed by atoms with Gasteiger partial charge in [-0.2, -0.15) is 5.10 Å². The Balaban J connectivity index is 1.71. The average Bonchev–Trinajstić information content (AvgIpc) is 2.86. The number of nitrogens with one attached hydrogen (secondary N) is 1. The highest BCUT2D eigenvalue weighted by Crippen LogP contribution is 2.37. The quantitative estimate of drug-likeness (QED) is 0.214. The predicted molar refractivity (Wildman–Crippen MR) is 140 cm³/mol. The third-order valence-electron chi connectivity index (χ3n) is 4.81. The van der Waals surface area contributed by atoms with Crippen molar-refractivity contribution in [2.75, 3.05) is 19.8 Å². The fourth-order valence-corrected chi connectivity index (χ4v) is 3.80. The van der Waals surface area contributed by atoms with Gasteiger partial charge in [-0.1, -0.05) is 12.1 Å². The molecular formula is C27H28BrFN2O5. The first-order valence-electron chi connectivity index (χ1n) is 11.5. The fraction of sp³-hybridized carbons (Fsp3) is 0.259. The molecule has 3 rings (SSSR count). The molecule has 3 aromatic carbocycles. The lowest BCUT2D eigenvalue weighted by Crippen LogP contribution is -2.17. The van der Waals surface area contributed by atoms with Crippen LogP contribution < -0.4 is 24.4 Å². The number of hydrazone groups is 1. The summed E-state index contributed by atoms with van der Waals surface area (Å²) in [7, 11) is 0. The molecule has 0 aromatic heterocycles. The Morgan fingerprint density at radius 1 is 0.889 bits per heavy atom. The van der Waals surface area contributed by atoms with E-state index in [9.17, 15) is 9.18 Å². The van der Waals surface area contributed by atoms with E-state index in [4.69, 9.17) is 18.9 Å². The van der Waals surface area contributed by atoms with Gasteiger partial charge in [0.15, 0.2) is 23.0 Å².